The zero-order chi connectivity index (χ0) is 20.6. The predicted molar refractivity (Wildman–Crippen MR) is 105 cm³/mol. The summed E-state index contributed by atoms with van der Waals surface area (Å²) in [6.07, 6.45) is 1.17. The molecule has 3 rings (SSSR count). The van der Waals surface area contributed by atoms with Crippen molar-refractivity contribution in [2.24, 2.45) is 0 Å². The molecule has 1 aliphatic rings. The molecule has 28 heavy (non-hydrogen) atoms. The van der Waals surface area contributed by atoms with Gasteiger partial charge >= 0.3 is 6.03 Å². The number of phenolic OH excluding ortho intramolecular Hbond substituents is 1. The Labute approximate surface area is 166 Å². The van der Waals surface area contributed by atoms with E-state index in [-0.39, 0.29) is 27.7 Å². The molecule has 1 heterocycles. The first-order valence-electron chi connectivity index (χ1n) is 8.28. The largest absolute Gasteiger partial charge is 0.504 e. The summed E-state index contributed by atoms with van der Waals surface area (Å²) in [5.41, 5.74) is 2.00. The number of phenols is 1. The minimum atomic E-state index is -0.867. The van der Waals surface area contributed by atoms with Gasteiger partial charge in [-0.1, -0.05) is 17.7 Å². The lowest BCUT2D eigenvalue weighted by Crippen LogP contribution is -2.54. The second-order valence-electron chi connectivity index (χ2n) is 6.27. The van der Waals surface area contributed by atoms with E-state index in [1.807, 2.05) is 13.8 Å². The van der Waals surface area contributed by atoms with Gasteiger partial charge in [0.1, 0.15) is 5.57 Å². The fourth-order valence-corrected chi connectivity index (χ4v) is 2.99. The molecule has 4 amide bonds. The van der Waals surface area contributed by atoms with E-state index in [4.69, 9.17) is 16.3 Å². The third-order valence-electron chi connectivity index (χ3n) is 4.44. The van der Waals surface area contributed by atoms with E-state index in [1.165, 1.54) is 25.3 Å². The Morgan fingerprint density at radius 1 is 1.11 bits per heavy atom. The number of benzene rings is 2. The molecule has 0 atom stereocenters. The molecule has 7 nitrogen and oxygen atoms in total. The Bertz CT molecular complexity index is 1050. The zero-order valence-corrected chi connectivity index (χ0v) is 16.1. The summed E-state index contributed by atoms with van der Waals surface area (Å²) < 4.78 is 5.03. The van der Waals surface area contributed by atoms with Crippen molar-refractivity contribution in [3.8, 4) is 11.5 Å². The van der Waals surface area contributed by atoms with Crippen molar-refractivity contribution in [1.82, 2.24) is 5.32 Å². The number of carbonyl (C=O) groups excluding carboxylic acids is 3. The fraction of sp³-hybridized carbons (Fsp3) is 0.150. The number of barbiturate groups is 1. The summed E-state index contributed by atoms with van der Waals surface area (Å²) in [6.45, 7) is 3.75. The van der Waals surface area contributed by atoms with Crippen LogP contribution in [0.2, 0.25) is 5.02 Å². The lowest BCUT2D eigenvalue weighted by Gasteiger charge is -2.27. The Hall–Kier alpha value is -3.32. The Morgan fingerprint density at radius 3 is 2.46 bits per heavy atom. The molecular weight excluding hydrogens is 384 g/mol. The number of nitrogens with zero attached hydrogens (tertiary/aromatic N) is 1. The molecule has 2 aromatic carbocycles. The van der Waals surface area contributed by atoms with Gasteiger partial charge in [0.25, 0.3) is 11.8 Å². The molecular formula is C20H17ClN2O5. The number of amides is 4. The molecule has 1 aliphatic heterocycles. The second kappa shape index (κ2) is 7.36. The number of aromatic hydroxyl groups is 1. The quantitative estimate of drug-likeness (QED) is 0.608. The number of hydrogen-bond donors (Lipinski definition) is 2. The highest BCUT2D eigenvalue weighted by Gasteiger charge is 2.37. The fourth-order valence-electron chi connectivity index (χ4n) is 2.77. The smallest absolute Gasteiger partial charge is 0.335 e. The molecule has 8 heteroatoms. The number of hydrogen-bond acceptors (Lipinski definition) is 5. The Morgan fingerprint density at radius 2 is 1.82 bits per heavy atom. The van der Waals surface area contributed by atoms with Crippen molar-refractivity contribution in [2.75, 3.05) is 12.0 Å². The normalized spacial score (nSPS) is 15.8. The van der Waals surface area contributed by atoms with Gasteiger partial charge in [-0.2, -0.15) is 0 Å². The standard InChI is InChI=1S/C20H17ClN2O5/c1-10-4-5-14(6-11(10)2)23-19(26)15(18(25)22-20(23)27)8-12-7-13(21)9-16(28-3)17(12)24/h4-9,24H,1-3H3,(H,22,25,27)/b15-8+. The molecule has 0 radical (unpaired) electrons. The van der Waals surface area contributed by atoms with E-state index in [2.05, 4.69) is 5.32 Å². The number of rotatable bonds is 3. The van der Waals surface area contributed by atoms with E-state index in [0.717, 1.165) is 16.0 Å². The van der Waals surface area contributed by atoms with Crippen LogP contribution in [0.25, 0.3) is 6.08 Å². The SMILES string of the molecule is COc1cc(Cl)cc(/C=C2\C(=O)NC(=O)N(c3ccc(C)c(C)c3)C2=O)c1O. The number of methoxy groups -OCH3 is 1. The summed E-state index contributed by atoms with van der Waals surface area (Å²) in [4.78, 5) is 38.4. The van der Waals surface area contributed by atoms with Crippen LogP contribution in [0.5, 0.6) is 11.5 Å². The van der Waals surface area contributed by atoms with E-state index in [1.54, 1.807) is 18.2 Å². The van der Waals surface area contributed by atoms with Gasteiger partial charge in [0.15, 0.2) is 11.5 Å². The number of halogens is 1. The number of anilines is 1. The molecule has 0 spiro atoms. The average Bonchev–Trinajstić information content (AvgIpc) is 2.63. The number of urea groups is 1. The zero-order valence-electron chi connectivity index (χ0n) is 15.4. The summed E-state index contributed by atoms with van der Waals surface area (Å²) in [7, 11) is 1.35. The molecule has 1 saturated heterocycles. The molecule has 0 bridgehead atoms. The molecule has 0 saturated carbocycles. The number of ether oxygens (including phenoxy) is 1. The van der Waals surface area contributed by atoms with Crippen LogP contribution in [-0.4, -0.2) is 30.1 Å². The Kier molecular flexibility index (Phi) is 5.11. The van der Waals surface area contributed by atoms with Gasteiger partial charge < -0.3 is 9.84 Å². The van der Waals surface area contributed by atoms with Crippen molar-refractivity contribution in [3.05, 3.63) is 57.6 Å². The third kappa shape index (κ3) is 3.44. The van der Waals surface area contributed by atoms with Crippen LogP contribution in [-0.2, 0) is 9.59 Å². The van der Waals surface area contributed by atoms with E-state index in [0.29, 0.717) is 5.69 Å². The van der Waals surface area contributed by atoms with E-state index < -0.39 is 17.8 Å². The highest BCUT2D eigenvalue weighted by Crippen LogP contribution is 2.35. The van der Waals surface area contributed by atoms with Crippen molar-refractivity contribution in [2.45, 2.75) is 13.8 Å². The van der Waals surface area contributed by atoms with Gasteiger partial charge in [-0.25, -0.2) is 9.69 Å². The first kappa shape index (κ1) is 19.4. The summed E-state index contributed by atoms with van der Waals surface area (Å²) >= 11 is 6.00. The van der Waals surface area contributed by atoms with Crippen LogP contribution in [0.1, 0.15) is 16.7 Å². The topological polar surface area (TPSA) is 95.9 Å². The maximum Gasteiger partial charge on any atom is 0.335 e. The van der Waals surface area contributed by atoms with Gasteiger partial charge in [-0.05, 0) is 49.2 Å². The Balaban J connectivity index is 2.09. The molecule has 0 aliphatic carbocycles. The van der Waals surface area contributed by atoms with E-state index >= 15 is 0 Å². The first-order chi connectivity index (χ1) is 13.2. The van der Waals surface area contributed by atoms with Gasteiger partial charge in [0.2, 0.25) is 0 Å². The van der Waals surface area contributed by atoms with Gasteiger partial charge in [-0.3, -0.25) is 14.9 Å². The highest BCUT2D eigenvalue weighted by atomic mass is 35.5. The predicted octanol–water partition coefficient (Wildman–Crippen LogP) is 3.34. The first-order valence-corrected chi connectivity index (χ1v) is 8.66. The molecule has 144 valence electrons. The summed E-state index contributed by atoms with van der Waals surface area (Å²) in [5.74, 6) is -1.87. The highest BCUT2D eigenvalue weighted by molar-refractivity contribution is 6.39. The number of nitrogens with one attached hydrogen (secondary N) is 1. The average molecular weight is 401 g/mol. The summed E-state index contributed by atoms with van der Waals surface area (Å²) in [6, 6.07) is 7.01. The second-order valence-corrected chi connectivity index (χ2v) is 6.71. The van der Waals surface area contributed by atoms with Crippen LogP contribution in [0, 0.1) is 13.8 Å². The van der Waals surface area contributed by atoms with Crippen LogP contribution >= 0.6 is 11.6 Å². The lowest BCUT2D eigenvalue weighted by molar-refractivity contribution is -0.122. The lowest BCUT2D eigenvalue weighted by atomic mass is 10.0. The summed E-state index contributed by atoms with van der Waals surface area (Å²) in [5, 5.41) is 12.6. The van der Waals surface area contributed by atoms with Crippen molar-refractivity contribution in [3.63, 3.8) is 0 Å². The molecule has 2 aromatic rings. The maximum absolute atomic E-state index is 12.9. The molecule has 2 N–H and O–H groups in total. The maximum atomic E-state index is 12.9. The van der Waals surface area contributed by atoms with Gasteiger partial charge in [0.05, 0.1) is 12.8 Å². The van der Waals surface area contributed by atoms with Gasteiger partial charge in [0, 0.05) is 16.7 Å². The van der Waals surface area contributed by atoms with Crippen molar-refractivity contribution in [1.29, 1.82) is 0 Å². The molecule has 0 unspecified atom stereocenters. The van der Waals surface area contributed by atoms with Crippen LogP contribution in [0.4, 0.5) is 10.5 Å². The minimum Gasteiger partial charge on any atom is -0.504 e. The monoisotopic (exact) mass is 400 g/mol. The minimum absolute atomic E-state index is 0.0881. The third-order valence-corrected chi connectivity index (χ3v) is 4.66. The van der Waals surface area contributed by atoms with Crippen molar-refractivity contribution < 1.29 is 24.2 Å². The molecule has 0 aromatic heterocycles. The molecule has 1 fully saturated rings. The number of imide groups is 2. The number of aryl methyl sites for hydroxylation is 2. The van der Waals surface area contributed by atoms with Crippen LogP contribution in [0.3, 0.4) is 0 Å². The van der Waals surface area contributed by atoms with E-state index in [9.17, 15) is 19.5 Å². The van der Waals surface area contributed by atoms with Crippen LogP contribution < -0.4 is 15.0 Å². The van der Waals surface area contributed by atoms with Gasteiger partial charge in [-0.15, -0.1) is 0 Å². The number of carbonyl (C=O) groups is 3. The van der Waals surface area contributed by atoms with Crippen molar-refractivity contribution >= 4 is 41.2 Å². The van der Waals surface area contributed by atoms with Crippen LogP contribution in [0.15, 0.2) is 35.9 Å².